The third-order valence-corrected chi connectivity index (χ3v) is 9.81. The lowest BCUT2D eigenvalue weighted by molar-refractivity contribution is -0.138. The lowest BCUT2D eigenvalue weighted by Crippen LogP contribution is -2.40. The highest BCUT2D eigenvalue weighted by Crippen LogP contribution is 2.36. The van der Waals surface area contributed by atoms with Crippen LogP contribution >= 0.6 is 68.3 Å². The number of carbonyl (C=O) groups excluding carboxylic acids is 1. The fraction of sp³-hybridized carbons (Fsp3) is 0.219. The number of benzene rings is 3. The smallest absolute Gasteiger partial charge is 0.338 e. The highest BCUT2D eigenvalue weighted by atomic mass is 127. The first-order valence-corrected chi connectivity index (χ1v) is 17.5. The van der Waals surface area contributed by atoms with Crippen molar-refractivity contribution in [2.24, 2.45) is 4.99 Å². The number of thiazole rings is 1. The standard InChI is InChI=1S/C32H28I2N2O4S2/c1-5-39-31(38)26-27(20-9-7-6-8-10-20)35-32-36(28(26)21-11-13-22(41-4)14-12-21)30(37)25(42-32)17-19-15-23(33)29(24(34)16-19)40-18(2)3/h6-18,28H,5H2,1-4H3/b25-17-/t28-/m1/s1. The number of fused-ring (bicyclic) bond motifs is 1. The molecule has 0 saturated heterocycles. The van der Waals surface area contributed by atoms with E-state index in [0.29, 0.717) is 20.6 Å². The molecule has 2 heterocycles. The highest BCUT2D eigenvalue weighted by molar-refractivity contribution is 14.1. The van der Waals surface area contributed by atoms with Crippen molar-refractivity contribution in [1.82, 2.24) is 4.57 Å². The maximum Gasteiger partial charge on any atom is 0.338 e. The van der Waals surface area contributed by atoms with Gasteiger partial charge in [-0.1, -0.05) is 53.8 Å². The molecule has 216 valence electrons. The summed E-state index contributed by atoms with van der Waals surface area (Å²) >= 11 is 7.49. The Hall–Kier alpha value is -2.42. The zero-order valence-electron chi connectivity index (χ0n) is 23.4. The van der Waals surface area contributed by atoms with E-state index in [1.165, 1.54) is 11.3 Å². The number of esters is 1. The molecule has 6 nitrogen and oxygen atoms in total. The second-order valence-electron chi connectivity index (χ2n) is 9.68. The molecule has 5 rings (SSSR count). The van der Waals surface area contributed by atoms with E-state index in [4.69, 9.17) is 14.5 Å². The molecule has 4 aromatic rings. The SMILES string of the molecule is CCOC(=O)C1=C(c2ccccc2)N=c2s/c(=C\c3cc(I)c(OC(C)C)c(I)c3)c(=O)n2[C@@H]1c1ccc(SC)cc1. The Labute approximate surface area is 279 Å². The second-order valence-corrected chi connectivity index (χ2v) is 13.9. The van der Waals surface area contributed by atoms with Crippen LogP contribution < -0.4 is 19.6 Å². The van der Waals surface area contributed by atoms with Gasteiger partial charge in [0.15, 0.2) is 4.80 Å². The van der Waals surface area contributed by atoms with E-state index in [1.807, 2.05) is 92.9 Å². The van der Waals surface area contributed by atoms with Gasteiger partial charge in [-0.3, -0.25) is 9.36 Å². The maximum absolute atomic E-state index is 14.2. The van der Waals surface area contributed by atoms with Crippen LogP contribution in [-0.4, -0.2) is 29.5 Å². The number of carbonyl (C=O) groups is 1. The molecule has 0 fully saturated rings. The summed E-state index contributed by atoms with van der Waals surface area (Å²) in [6, 6.07) is 20.9. The monoisotopic (exact) mass is 822 g/mol. The normalized spacial score (nSPS) is 15.0. The zero-order valence-corrected chi connectivity index (χ0v) is 29.3. The van der Waals surface area contributed by atoms with Crippen LogP contribution in [0.4, 0.5) is 0 Å². The van der Waals surface area contributed by atoms with Crippen LogP contribution in [0.2, 0.25) is 0 Å². The summed E-state index contributed by atoms with van der Waals surface area (Å²) in [6.07, 6.45) is 3.95. The van der Waals surface area contributed by atoms with Gasteiger partial charge in [0.25, 0.3) is 5.56 Å². The Morgan fingerprint density at radius 2 is 1.76 bits per heavy atom. The fourth-order valence-electron chi connectivity index (χ4n) is 4.70. The molecule has 0 aliphatic carbocycles. The summed E-state index contributed by atoms with van der Waals surface area (Å²) in [5.74, 6) is 0.350. The lowest BCUT2D eigenvalue weighted by atomic mass is 9.93. The van der Waals surface area contributed by atoms with Crippen LogP contribution in [0.3, 0.4) is 0 Å². The average molecular weight is 823 g/mol. The van der Waals surface area contributed by atoms with Crippen LogP contribution in [0, 0.1) is 7.14 Å². The predicted molar refractivity (Wildman–Crippen MR) is 187 cm³/mol. The minimum absolute atomic E-state index is 0.0546. The number of ether oxygens (including phenoxy) is 2. The molecule has 1 aromatic heterocycles. The maximum atomic E-state index is 14.2. The molecule has 42 heavy (non-hydrogen) atoms. The fourth-order valence-corrected chi connectivity index (χ4v) is 8.18. The molecule has 1 aliphatic heterocycles. The van der Waals surface area contributed by atoms with Crippen molar-refractivity contribution in [3.05, 3.63) is 116 Å². The van der Waals surface area contributed by atoms with E-state index in [0.717, 1.165) is 34.5 Å². The molecule has 1 atom stereocenters. The van der Waals surface area contributed by atoms with Gasteiger partial charge in [0.05, 0.1) is 41.7 Å². The summed E-state index contributed by atoms with van der Waals surface area (Å²) in [6.45, 7) is 5.99. The van der Waals surface area contributed by atoms with Crippen LogP contribution in [0.15, 0.2) is 87.0 Å². The van der Waals surface area contributed by atoms with Gasteiger partial charge in [-0.05, 0) is 114 Å². The molecule has 0 N–H and O–H groups in total. The summed E-state index contributed by atoms with van der Waals surface area (Å²) in [5.41, 5.74) is 3.14. The van der Waals surface area contributed by atoms with Gasteiger partial charge in [-0.15, -0.1) is 11.8 Å². The molecule has 0 spiro atoms. The molecule has 0 bridgehead atoms. The van der Waals surface area contributed by atoms with Gasteiger partial charge >= 0.3 is 5.97 Å². The number of aromatic nitrogens is 1. The summed E-state index contributed by atoms with van der Waals surface area (Å²) in [5, 5.41) is 0. The van der Waals surface area contributed by atoms with Gasteiger partial charge in [0.1, 0.15) is 5.75 Å². The Morgan fingerprint density at radius 3 is 2.36 bits per heavy atom. The van der Waals surface area contributed by atoms with Crippen LogP contribution in [-0.2, 0) is 9.53 Å². The van der Waals surface area contributed by atoms with E-state index in [1.54, 1.807) is 23.3 Å². The van der Waals surface area contributed by atoms with Crippen molar-refractivity contribution in [3.8, 4) is 5.75 Å². The first-order chi connectivity index (χ1) is 20.2. The van der Waals surface area contributed by atoms with Crippen molar-refractivity contribution in [3.63, 3.8) is 0 Å². The third kappa shape index (κ3) is 6.41. The van der Waals surface area contributed by atoms with Gasteiger partial charge in [-0.2, -0.15) is 0 Å². The first kappa shape index (κ1) is 31.0. The second kappa shape index (κ2) is 13.5. The molecule has 0 unspecified atom stereocenters. The van der Waals surface area contributed by atoms with Gasteiger partial charge in [0.2, 0.25) is 0 Å². The quantitative estimate of drug-likeness (QED) is 0.113. The summed E-state index contributed by atoms with van der Waals surface area (Å²) in [4.78, 5) is 34.3. The number of halogens is 2. The topological polar surface area (TPSA) is 69.9 Å². The zero-order chi connectivity index (χ0) is 30.0. The van der Waals surface area contributed by atoms with E-state index in [2.05, 4.69) is 45.2 Å². The van der Waals surface area contributed by atoms with Gasteiger partial charge in [0, 0.05) is 10.5 Å². The Balaban J connectivity index is 1.77. The predicted octanol–water partition coefficient (Wildman–Crippen LogP) is 6.65. The number of hydrogen-bond acceptors (Lipinski definition) is 7. The third-order valence-electron chi connectivity index (χ3n) is 6.48. The highest BCUT2D eigenvalue weighted by Gasteiger charge is 2.35. The van der Waals surface area contributed by atoms with Crippen molar-refractivity contribution in [2.45, 2.75) is 37.8 Å². The molecule has 0 radical (unpaired) electrons. The number of nitrogens with zero attached hydrogens (tertiary/aromatic N) is 2. The van der Waals surface area contributed by atoms with Crippen LogP contribution in [0.1, 0.15) is 43.5 Å². The van der Waals surface area contributed by atoms with E-state index in [9.17, 15) is 9.59 Å². The molecule has 1 aliphatic rings. The Morgan fingerprint density at radius 1 is 1.10 bits per heavy atom. The van der Waals surface area contributed by atoms with Crippen molar-refractivity contribution >= 4 is 86.0 Å². The average Bonchev–Trinajstić information content (AvgIpc) is 3.28. The molecule has 0 amide bonds. The Kier molecular flexibility index (Phi) is 9.95. The first-order valence-electron chi connectivity index (χ1n) is 13.3. The van der Waals surface area contributed by atoms with Crippen LogP contribution in [0.25, 0.3) is 11.8 Å². The van der Waals surface area contributed by atoms with E-state index >= 15 is 0 Å². The molecular formula is C32H28I2N2O4S2. The van der Waals surface area contributed by atoms with Crippen molar-refractivity contribution < 1.29 is 14.3 Å². The summed E-state index contributed by atoms with van der Waals surface area (Å²) in [7, 11) is 0. The van der Waals surface area contributed by atoms with Crippen molar-refractivity contribution in [1.29, 1.82) is 0 Å². The van der Waals surface area contributed by atoms with Gasteiger partial charge < -0.3 is 9.47 Å². The van der Waals surface area contributed by atoms with E-state index in [-0.39, 0.29) is 18.3 Å². The number of hydrogen-bond donors (Lipinski definition) is 0. The van der Waals surface area contributed by atoms with E-state index < -0.39 is 12.0 Å². The molecule has 3 aromatic carbocycles. The summed E-state index contributed by atoms with van der Waals surface area (Å²) < 4.78 is 15.7. The van der Waals surface area contributed by atoms with Crippen LogP contribution in [0.5, 0.6) is 5.75 Å². The lowest BCUT2D eigenvalue weighted by Gasteiger charge is -2.26. The molecule has 10 heteroatoms. The number of thioether (sulfide) groups is 1. The minimum Gasteiger partial charge on any atom is -0.489 e. The largest absolute Gasteiger partial charge is 0.489 e. The molecule has 0 saturated carbocycles. The van der Waals surface area contributed by atoms with Gasteiger partial charge in [-0.25, -0.2) is 9.79 Å². The Bertz CT molecular complexity index is 1820. The number of rotatable bonds is 8. The van der Waals surface area contributed by atoms with Crippen molar-refractivity contribution in [2.75, 3.05) is 12.9 Å². The molecular weight excluding hydrogens is 794 g/mol. The minimum atomic E-state index is -0.698.